The van der Waals surface area contributed by atoms with Gasteiger partial charge in [0.25, 0.3) is 0 Å². The molecule has 0 saturated heterocycles. The smallest absolute Gasteiger partial charge is 0.163 e. The molecule has 0 spiro atoms. The van der Waals surface area contributed by atoms with E-state index in [9.17, 15) is 9.59 Å². The molecule has 2 aliphatic carbocycles. The third-order valence-corrected chi connectivity index (χ3v) is 6.79. The fourth-order valence-electron chi connectivity index (χ4n) is 5.08. The van der Waals surface area contributed by atoms with E-state index in [1.165, 1.54) is 0 Å². The largest absolute Gasteiger partial charge is 0.295 e. The van der Waals surface area contributed by atoms with E-state index >= 15 is 0 Å². The molecule has 0 amide bonds. The first-order valence-electron chi connectivity index (χ1n) is 10.8. The number of rotatable bonds is 7. The SMILES string of the molecule is CC1=CCCC(C)(C)C1C(=O)C=CCC(=O)C=CCC1C(C)C=CCC1(C)C. The van der Waals surface area contributed by atoms with Crippen molar-refractivity contribution in [1.29, 1.82) is 0 Å². The van der Waals surface area contributed by atoms with Gasteiger partial charge in [0.05, 0.1) is 0 Å². The molecule has 0 aliphatic heterocycles. The standard InChI is InChI=1S/C26H38O2/c1-19-11-9-17-25(3,4)22(19)15-7-13-21(27)14-8-16-23(28)24-20(2)12-10-18-26(24,5)6/h7-9,11-13,16,19,22,24H,10,14-15,17-18H2,1-6H3. The Morgan fingerprint density at radius 2 is 1.82 bits per heavy atom. The normalized spacial score (nSPS) is 29.2. The molecule has 0 saturated carbocycles. The summed E-state index contributed by atoms with van der Waals surface area (Å²) >= 11 is 0. The molecule has 28 heavy (non-hydrogen) atoms. The molecular formula is C26H38O2. The van der Waals surface area contributed by atoms with E-state index in [1.807, 2.05) is 13.0 Å². The van der Waals surface area contributed by atoms with Crippen LogP contribution in [0, 0.1) is 28.6 Å². The molecule has 3 unspecified atom stereocenters. The van der Waals surface area contributed by atoms with Gasteiger partial charge in [0.2, 0.25) is 0 Å². The van der Waals surface area contributed by atoms with Crippen LogP contribution in [0.4, 0.5) is 0 Å². The van der Waals surface area contributed by atoms with Gasteiger partial charge in [0, 0.05) is 12.3 Å². The maximum atomic E-state index is 12.7. The quantitative estimate of drug-likeness (QED) is 0.365. The summed E-state index contributed by atoms with van der Waals surface area (Å²) in [5, 5.41) is 0. The van der Waals surface area contributed by atoms with E-state index in [-0.39, 0.29) is 28.3 Å². The summed E-state index contributed by atoms with van der Waals surface area (Å²) < 4.78 is 0. The number of allylic oxidation sites excluding steroid dienone is 8. The Morgan fingerprint density at radius 1 is 1.11 bits per heavy atom. The molecule has 3 atom stereocenters. The zero-order valence-electron chi connectivity index (χ0n) is 18.6. The molecule has 2 nitrogen and oxygen atoms in total. The minimum Gasteiger partial charge on any atom is -0.295 e. The third-order valence-electron chi connectivity index (χ3n) is 6.79. The van der Waals surface area contributed by atoms with Gasteiger partial charge >= 0.3 is 0 Å². The maximum Gasteiger partial charge on any atom is 0.163 e. The highest BCUT2D eigenvalue weighted by Crippen LogP contribution is 2.43. The molecule has 0 fully saturated rings. The van der Waals surface area contributed by atoms with Gasteiger partial charge in [-0.1, -0.05) is 70.6 Å². The second-order valence-corrected chi connectivity index (χ2v) is 10.1. The van der Waals surface area contributed by atoms with Crippen molar-refractivity contribution in [2.75, 3.05) is 0 Å². The minimum absolute atomic E-state index is 0.0118. The van der Waals surface area contributed by atoms with E-state index < -0.39 is 0 Å². The van der Waals surface area contributed by atoms with Crippen LogP contribution in [0.1, 0.15) is 73.6 Å². The van der Waals surface area contributed by atoms with Crippen molar-refractivity contribution in [3.05, 3.63) is 48.1 Å². The van der Waals surface area contributed by atoms with E-state index in [0.29, 0.717) is 18.3 Å². The third kappa shape index (κ3) is 5.65. The molecule has 0 bridgehead atoms. The number of ketones is 2. The second-order valence-electron chi connectivity index (χ2n) is 10.1. The van der Waals surface area contributed by atoms with Crippen molar-refractivity contribution in [1.82, 2.24) is 0 Å². The van der Waals surface area contributed by atoms with Crippen molar-refractivity contribution in [3.8, 4) is 0 Å². The molecule has 0 aromatic carbocycles. The van der Waals surface area contributed by atoms with Gasteiger partial charge in [-0.15, -0.1) is 0 Å². The lowest BCUT2D eigenvalue weighted by Crippen LogP contribution is -2.33. The number of hydrogen-bond donors (Lipinski definition) is 0. The van der Waals surface area contributed by atoms with Gasteiger partial charge in [-0.3, -0.25) is 9.59 Å². The van der Waals surface area contributed by atoms with Gasteiger partial charge < -0.3 is 0 Å². The lowest BCUT2D eigenvalue weighted by Gasteiger charge is -2.39. The summed E-state index contributed by atoms with van der Waals surface area (Å²) in [4.78, 5) is 24.9. The highest BCUT2D eigenvalue weighted by atomic mass is 16.1. The van der Waals surface area contributed by atoms with Crippen molar-refractivity contribution in [2.45, 2.75) is 73.6 Å². The fourth-order valence-corrected chi connectivity index (χ4v) is 5.08. The molecular weight excluding hydrogens is 344 g/mol. The van der Waals surface area contributed by atoms with Crippen LogP contribution < -0.4 is 0 Å². The molecule has 2 heteroatoms. The molecule has 0 aromatic heterocycles. The van der Waals surface area contributed by atoms with Crippen LogP contribution in [0.15, 0.2) is 48.1 Å². The van der Waals surface area contributed by atoms with Crippen LogP contribution >= 0.6 is 0 Å². The first kappa shape index (κ1) is 22.6. The molecule has 2 rings (SSSR count). The monoisotopic (exact) mass is 382 g/mol. The maximum absolute atomic E-state index is 12.7. The lowest BCUT2D eigenvalue weighted by atomic mass is 9.66. The molecule has 2 aliphatic rings. The predicted octanol–water partition coefficient (Wildman–Crippen LogP) is 6.64. The number of carbonyl (C=O) groups excluding carboxylic acids is 2. The summed E-state index contributed by atoms with van der Waals surface area (Å²) in [6.07, 6.45) is 18.2. The van der Waals surface area contributed by atoms with E-state index in [1.54, 1.807) is 18.2 Å². The average Bonchev–Trinajstić information content (AvgIpc) is 2.56. The molecule has 0 N–H and O–H groups in total. The summed E-state index contributed by atoms with van der Waals surface area (Å²) in [7, 11) is 0. The highest BCUT2D eigenvalue weighted by molar-refractivity contribution is 5.96. The van der Waals surface area contributed by atoms with E-state index in [2.05, 4.69) is 52.8 Å². The zero-order valence-corrected chi connectivity index (χ0v) is 18.6. The van der Waals surface area contributed by atoms with Crippen LogP contribution in [-0.4, -0.2) is 11.6 Å². The summed E-state index contributed by atoms with van der Waals surface area (Å²) in [6.45, 7) is 13.3. The number of hydrogen-bond acceptors (Lipinski definition) is 2. The van der Waals surface area contributed by atoms with Gasteiger partial charge in [-0.05, 0) is 67.4 Å². The van der Waals surface area contributed by atoms with Gasteiger partial charge in [0.15, 0.2) is 11.6 Å². The zero-order chi connectivity index (χ0) is 20.9. The predicted molar refractivity (Wildman–Crippen MR) is 118 cm³/mol. The number of carbonyl (C=O) groups is 2. The molecule has 0 radical (unpaired) electrons. The van der Waals surface area contributed by atoms with Crippen LogP contribution in [0.25, 0.3) is 0 Å². The van der Waals surface area contributed by atoms with Crippen molar-refractivity contribution in [2.24, 2.45) is 28.6 Å². The molecule has 0 heterocycles. The van der Waals surface area contributed by atoms with Crippen LogP contribution in [-0.2, 0) is 9.59 Å². The van der Waals surface area contributed by atoms with Crippen molar-refractivity contribution < 1.29 is 9.59 Å². The van der Waals surface area contributed by atoms with Crippen LogP contribution in [0.5, 0.6) is 0 Å². The Morgan fingerprint density at radius 3 is 2.46 bits per heavy atom. The van der Waals surface area contributed by atoms with Crippen molar-refractivity contribution in [3.63, 3.8) is 0 Å². The fraction of sp³-hybridized carbons (Fsp3) is 0.615. The topological polar surface area (TPSA) is 34.1 Å². The second kappa shape index (κ2) is 9.20. The van der Waals surface area contributed by atoms with Gasteiger partial charge in [-0.2, -0.15) is 0 Å². The first-order chi connectivity index (χ1) is 13.0. The Bertz CT molecular complexity index is 700. The Kier molecular flexibility index (Phi) is 7.42. The Hall–Kier alpha value is -1.70. The van der Waals surface area contributed by atoms with Gasteiger partial charge in [-0.25, -0.2) is 0 Å². The summed E-state index contributed by atoms with van der Waals surface area (Å²) in [5.41, 5.74) is 1.42. The highest BCUT2D eigenvalue weighted by Gasteiger charge is 2.36. The van der Waals surface area contributed by atoms with Gasteiger partial charge in [0.1, 0.15) is 0 Å². The first-order valence-corrected chi connectivity index (χ1v) is 10.8. The van der Waals surface area contributed by atoms with E-state index in [4.69, 9.17) is 0 Å². The Balaban J connectivity index is 1.87. The van der Waals surface area contributed by atoms with Crippen LogP contribution in [0.2, 0.25) is 0 Å². The molecule has 154 valence electrons. The lowest BCUT2D eigenvalue weighted by molar-refractivity contribution is -0.120. The van der Waals surface area contributed by atoms with Crippen molar-refractivity contribution >= 4 is 11.6 Å². The summed E-state index contributed by atoms with van der Waals surface area (Å²) in [5.74, 6) is 1.22. The van der Waals surface area contributed by atoms with Crippen LogP contribution in [0.3, 0.4) is 0 Å². The average molecular weight is 383 g/mol. The summed E-state index contributed by atoms with van der Waals surface area (Å²) in [6, 6.07) is 0. The van der Waals surface area contributed by atoms with E-state index in [0.717, 1.165) is 31.3 Å². The molecule has 0 aromatic rings. The minimum atomic E-state index is -0.0637. The Labute approximate surface area is 171 Å².